The molecule has 0 aromatic heterocycles. The lowest BCUT2D eigenvalue weighted by Gasteiger charge is -2.23. The first-order valence-electron chi connectivity index (χ1n) is 6.57. The summed E-state index contributed by atoms with van der Waals surface area (Å²) in [6.45, 7) is 7.32. The van der Waals surface area contributed by atoms with Gasteiger partial charge in [-0.3, -0.25) is 9.69 Å². The lowest BCUT2D eigenvalue weighted by atomic mass is 10.1. The van der Waals surface area contributed by atoms with Gasteiger partial charge in [0, 0.05) is 12.1 Å². The highest BCUT2D eigenvalue weighted by molar-refractivity contribution is 5.79. The zero-order valence-corrected chi connectivity index (χ0v) is 11.2. The second-order valence-corrected chi connectivity index (χ2v) is 5.37. The molecule has 17 heavy (non-hydrogen) atoms. The highest BCUT2D eigenvalue weighted by Crippen LogP contribution is 2.29. The van der Waals surface area contributed by atoms with Crippen LogP contribution in [0.3, 0.4) is 0 Å². The first-order valence-corrected chi connectivity index (χ1v) is 6.57. The standard InChI is InChI=1S/C13H25NO3/c1-4-5-6-7-8-17-12(16)11-9-14(11)13(2,3)10-15/h11,15H,4-10H2,1-3H3/t11-,14?/m1/s1. The van der Waals surface area contributed by atoms with Gasteiger partial charge in [-0.1, -0.05) is 26.2 Å². The molecule has 1 aliphatic rings. The van der Waals surface area contributed by atoms with Crippen LogP contribution < -0.4 is 0 Å². The summed E-state index contributed by atoms with van der Waals surface area (Å²) in [7, 11) is 0. The molecule has 4 nitrogen and oxygen atoms in total. The molecule has 0 saturated carbocycles. The van der Waals surface area contributed by atoms with Crippen LogP contribution in [0.25, 0.3) is 0 Å². The lowest BCUT2D eigenvalue weighted by Crippen LogP contribution is -2.37. The smallest absolute Gasteiger partial charge is 0.324 e. The Kier molecular flexibility index (Phi) is 5.40. The SMILES string of the molecule is CCCCCCOC(=O)[C@H]1CN1C(C)(C)CO. The van der Waals surface area contributed by atoms with Crippen molar-refractivity contribution in [1.82, 2.24) is 4.90 Å². The van der Waals surface area contributed by atoms with Crippen LogP contribution >= 0.6 is 0 Å². The minimum Gasteiger partial charge on any atom is -0.464 e. The number of aliphatic hydroxyl groups is 1. The predicted octanol–water partition coefficient (Wildman–Crippen LogP) is 1.56. The molecule has 100 valence electrons. The lowest BCUT2D eigenvalue weighted by molar-refractivity contribution is -0.144. The van der Waals surface area contributed by atoms with Crippen molar-refractivity contribution >= 4 is 5.97 Å². The maximum absolute atomic E-state index is 11.7. The third-order valence-corrected chi connectivity index (χ3v) is 3.29. The van der Waals surface area contributed by atoms with Crippen molar-refractivity contribution in [2.75, 3.05) is 19.8 Å². The van der Waals surface area contributed by atoms with Gasteiger partial charge in [-0.15, -0.1) is 0 Å². The van der Waals surface area contributed by atoms with E-state index >= 15 is 0 Å². The molecule has 0 amide bonds. The van der Waals surface area contributed by atoms with Crippen LogP contribution in [-0.2, 0) is 9.53 Å². The molecular weight excluding hydrogens is 218 g/mol. The monoisotopic (exact) mass is 243 g/mol. The summed E-state index contributed by atoms with van der Waals surface area (Å²) in [6, 6.07) is -0.136. The maximum Gasteiger partial charge on any atom is 0.324 e. The molecule has 0 radical (unpaired) electrons. The van der Waals surface area contributed by atoms with Gasteiger partial charge >= 0.3 is 5.97 Å². The van der Waals surface area contributed by atoms with Gasteiger partial charge < -0.3 is 9.84 Å². The van der Waals surface area contributed by atoms with E-state index in [1.54, 1.807) is 0 Å². The number of carbonyl (C=O) groups excluding carboxylic acids is 1. The van der Waals surface area contributed by atoms with E-state index in [2.05, 4.69) is 6.92 Å². The van der Waals surface area contributed by atoms with Gasteiger partial charge in [0.25, 0.3) is 0 Å². The number of unbranched alkanes of at least 4 members (excludes halogenated alkanes) is 3. The van der Waals surface area contributed by atoms with Crippen LogP contribution in [0.5, 0.6) is 0 Å². The Morgan fingerprint density at radius 1 is 1.41 bits per heavy atom. The third-order valence-electron chi connectivity index (χ3n) is 3.29. The molecule has 0 aliphatic carbocycles. The summed E-state index contributed by atoms with van der Waals surface area (Å²) in [6.07, 6.45) is 4.47. The molecule has 1 N–H and O–H groups in total. The quantitative estimate of drug-likeness (QED) is 0.399. The Morgan fingerprint density at radius 2 is 2.12 bits per heavy atom. The van der Waals surface area contributed by atoms with Gasteiger partial charge in [0.2, 0.25) is 0 Å². The average molecular weight is 243 g/mol. The Labute approximate surface area is 104 Å². The molecule has 1 saturated heterocycles. The van der Waals surface area contributed by atoms with Crippen molar-refractivity contribution in [2.24, 2.45) is 0 Å². The number of hydrogen-bond acceptors (Lipinski definition) is 4. The molecule has 1 heterocycles. The number of carbonyl (C=O) groups is 1. The summed E-state index contributed by atoms with van der Waals surface area (Å²) < 4.78 is 5.22. The Balaban J connectivity index is 2.15. The molecule has 2 atom stereocenters. The molecule has 1 aliphatic heterocycles. The number of hydrogen-bond donors (Lipinski definition) is 1. The number of nitrogens with zero attached hydrogens (tertiary/aromatic N) is 1. The third kappa shape index (κ3) is 4.28. The van der Waals surface area contributed by atoms with Crippen molar-refractivity contribution in [2.45, 2.75) is 58.0 Å². The predicted molar refractivity (Wildman–Crippen MR) is 66.8 cm³/mol. The van der Waals surface area contributed by atoms with Crippen LogP contribution in [0.15, 0.2) is 0 Å². The van der Waals surface area contributed by atoms with Crippen molar-refractivity contribution < 1.29 is 14.6 Å². The Hall–Kier alpha value is -0.610. The highest BCUT2D eigenvalue weighted by Gasteiger charge is 2.49. The van der Waals surface area contributed by atoms with E-state index in [1.807, 2.05) is 18.7 Å². The normalized spacial score (nSPS) is 23.5. The van der Waals surface area contributed by atoms with Crippen LogP contribution in [0.2, 0.25) is 0 Å². The summed E-state index contributed by atoms with van der Waals surface area (Å²) in [5.74, 6) is -0.136. The Morgan fingerprint density at radius 3 is 2.71 bits per heavy atom. The van der Waals surface area contributed by atoms with Gasteiger partial charge in [0.15, 0.2) is 0 Å². The van der Waals surface area contributed by atoms with E-state index in [0.717, 1.165) is 12.8 Å². The molecule has 1 rings (SSSR count). The maximum atomic E-state index is 11.7. The summed E-state index contributed by atoms with van der Waals surface area (Å²) in [5.41, 5.74) is -0.314. The second kappa shape index (κ2) is 6.36. The van der Waals surface area contributed by atoms with E-state index < -0.39 is 0 Å². The summed E-state index contributed by atoms with van der Waals surface area (Å²) in [5, 5.41) is 9.18. The summed E-state index contributed by atoms with van der Waals surface area (Å²) in [4.78, 5) is 13.6. The number of aliphatic hydroxyl groups excluding tert-OH is 1. The fraction of sp³-hybridized carbons (Fsp3) is 0.923. The minimum absolute atomic E-state index is 0.0628. The summed E-state index contributed by atoms with van der Waals surface area (Å²) >= 11 is 0. The van der Waals surface area contributed by atoms with Crippen LogP contribution in [0.1, 0.15) is 46.5 Å². The van der Waals surface area contributed by atoms with Gasteiger partial charge in [0.1, 0.15) is 6.04 Å². The molecule has 1 unspecified atom stereocenters. The number of esters is 1. The van der Waals surface area contributed by atoms with Gasteiger partial charge in [-0.2, -0.15) is 0 Å². The number of rotatable bonds is 8. The first kappa shape index (κ1) is 14.5. The van der Waals surface area contributed by atoms with E-state index in [9.17, 15) is 9.90 Å². The fourth-order valence-electron chi connectivity index (χ4n) is 1.90. The fourth-order valence-corrected chi connectivity index (χ4v) is 1.90. The molecule has 0 aromatic carbocycles. The Bertz CT molecular complexity index is 253. The molecule has 0 spiro atoms. The first-order chi connectivity index (χ1) is 8.03. The van der Waals surface area contributed by atoms with Crippen molar-refractivity contribution in [3.63, 3.8) is 0 Å². The highest BCUT2D eigenvalue weighted by atomic mass is 16.5. The van der Waals surface area contributed by atoms with Crippen LogP contribution in [-0.4, -0.2) is 47.3 Å². The molecule has 0 aromatic rings. The minimum atomic E-state index is -0.314. The van der Waals surface area contributed by atoms with E-state index in [-0.39, 0.29) is 24.2 Å². The number of ether oxygens (including phenoxy) is 1. The van der Waals surface area contributed by atoms with Crippen molar-refractivity contribution in [3.05, 3.63) is 0 Å². The van der Waals surface area contributed by atoms with Crippen molar-refractivity contribution in [3.8, 4) is 0 Å². The molecule has 4 heteroatoms. The second-order valence-electron chi connectivity index (χ2n) is 5.37. The zero-order valence-electron chi connectivity index (χ0n) is 11.2. The zero-order chi connectivity index (χ0) is 12.9. The molecule has 0 bridgehead atoms. The molecular formula is C13H25NO3. The van der Waals surface area contributed by atoms with Gasteiger partial charge in [-0.25, -0.2) is 0 Å². The van der Waals surface area contributed by atoms with E-state index in [0.29, 0.717) is 13.2 Å². The largest absolute Gasteiger partial charge is 0.464 e. The van der Waals surface area contributed by atoms with E-state index in [4.69, 9.17) is 4.74 Å². The van der Waals surface area contributed by atoms with Gasteiger partial charge in [0.05, 0.1) is 13.2 Å². The van der Waals surface area contributed by atoms with Crippen molar-refractivity contribution in [1.29, 1.82) is 0 Å². The molecule has 1 fully saturated rings. The van der Waals surface area contributed by atoms with Crippen LogP contribution in [0, 0.1) is 0 Å². The van der Waals surface area contributed by atoms with Crippen LogP contribution in [0.4, 0.5) is 0 Å². The van der Waals surface area contributed by atoms with Gasteiger partial charge in [-0.05, 0) is 20.3 Å². The average Bonchev–Trinajstić information content (AvgIpc) is 3.09. The topological polar surface area (TPSA) is 49.5 Å². The van der Waals surface area contributed by atoms with E-state index in [1.165, 1.54) is 12.8 Å².